The smallest absolute Gasteiger partial charge is 0.267 e. The van der Waals surface area contributed by atoms with Gasteiger partial charge in [-0.3, -0.25) is 10.1 Å². The van der Waals surface area contributed by atoms with Gasteiger partial charge in [-0.15, -0.1) is 11.8 Å². The van der Waals surface area contributed by atoms with Gasteiger partial charge in [0.05, 0.1) is 0 Å². The molecule has 1 fully saturated rings. The Morgan fingerprint density at radius 1 is 1.35 bits per heavy atom. The van der Waals surface area contributed by atoms with Crippen molar-refractivity contribution in [1.29, 1.82) is 0 Å². The predicted octanol–water partition coefficient (Wildman–Crippen LogP) is 2.41. The van der Waals surface area contributed by atoms with Crippen LogP contribution in [0.1, 0.15) is 31.5 Å². The zero-order valence-electron chi connectivity index (χ0n) is 15.4. The summed E-state index contributed by atoms with van der Waals surface area (Å²) in [6.45, 7) is 3.68. The van der Waals surface area contributed by atoms with Crippen LogP contribution in [-0.2, 0) is 11.8 Å². The molecule has 1 amide bonds. The number of anilines is 1. The van der Waals surface area contributed by atoms with Crippen LogP contribution in [0.5, 0.6) is 5.75 Å². The van der Waals surface area contributed by atoms with Crippen molar-refractivity contribution in [2.75, 3.05) is 24.7 Å². The minimum absolute atomic E-state index is 0.244. The van der Waals surface area contributed by atoms with Gasteiger partial charge in [0.1, 0.15) is 5.75 Å². The molecule has 1 aliphatic heterocycles. The molecule has 1 aliphatic rings. The van der Waals surface area contributed by atoms with Gasteiger partial charge in [-0.25, -0.2) is 4.68 Å². The lowest BCUT2D eigenvalue weighted by Gasteiger charge is -2.19. The number of carbonyl (C=O) groups excluding carboxylic acids is 1. The average molecular weight is 375 g/mol. The first-order chi connectivity index (χ1) is 12.6. The lowest BCUT2D eigenvalue weighted by atomic mass is 9.98. The lowest BCUT2D eigenvalue weighted by Crippen LogP contribution is -2.31. The number of hydrogen-bond donors (Lipinski definition) is 2. The summed E-state index contributed by atoms with van der Waals surface area (Å²) in [5.74, 6) is 2.02. The van der Waals surface area contributed by atoms with E-state index in [2.05, 4.69) is 20.7 Å². The van der Waals surface area contributed by atoms with E-state index in [1.807, 2.05) is 30.5 Å². The number of carbonyl (C=O) groups is 1. The summed E-state index contributed by atoms with van der Waals surface area (Å²) in [5.41, 5.74) is 0. The van der Waals surface area contributed by atoms with E-state index in [0.717, 1.165) is 36.7 Å². The molecular weight excluding hydrogens is 350 g/mol. The summed E-state index contributed by atoms with van der Waals surface area (Å²) in [6.07, 6.45) is 3.42. The highest BCUT2D eigenvalue weighted by molar-refractivity contribution is 7.98. The molecule has 2 N–H and O–H groups in total. The standard InChI is InChI=1S/C18H25N5O2S/c1-12(25-14-4-6-15(26-3)7-5-14)17(24)21-18-20-16(22-23(18)2)13-8-10-19-11-9-13/h4-7,12-13,19H,8-11H2,1-3H3,(H,20,21,22,24). The van der Waals surface area contributed by atoms with Gasteiger partial charge in [-0.2, -0.15) is 10.1 Å². The summed E-state index contributed by atoms with van der Waals surface area (Å²) in [5, 5.41) is 10.6. The monoisotopic (exact) mass is 375 g/mol. The average Bonchev–Trinajstić information content (AvgIpc) is 3.03. The Morgan fingerprint density at radius 3 is 2.69 bits per heavy atom. The van der Waals surface area contributed by atoms with Crippen LogP contribution in [0.4, 0.5) is 5.95 Å². The third-order valence-corrected chi connectivity index (χ3v) is 5.20. The van der Waals surface area contributed by atoms with Gasteiger partial charge in [0.15, 0.2) is 11.9 Å². The van der Waals surface area contributed by atoms with Crippen molar-refractivity contribution in [3.63, 3.8) is 0 Å². The van der Waals surface area contributed by atoms with E-state index in [9.17, 15) is 4.79 Å². The normalized spacial score (nSPS) is 16.3. The molecule has 3 rings (SSSR count). The summed E-state index contributed by atoms with van der Waals surface area (Å²) < 4.78 is 7.34. The fraction of sp³-hybridized carbons (Fsp3) is 0.500. The van der Waals surface area contributed by atoms with E-state index in [4.69, 9.17) is 4.74 Å². The van der Waals surface area contributed by atoms with Crippen molar-refractivity contribution in [2.45, 2.75) is 36.7 Å². The van der Waals surface area contributed by atoms with E-state index in [-0.39, 0.29) is 5.91 Å². The van der Waals surface area contributed by atoms with Crippen molar-refractivity contribution in [2.24, 2.45) is 7.05 Å². The Labute approximate surface area is 157 Å². The molecular formula is C18H25N5O2S. The molecule has 1 atom stereocenters. The van der Waals surface area contributed by atoms with Gasteiger partial charge in [-0.1, -0.05) is 0 Å². The van der Waals surface area contributed by atoms with Crippen molar-refractivity contribution in [3.05, 3.63) is 30.1 Å². The molecule has 0 spiro atoms. The number of amides is 1. The van der Waals surface area contributed by atoms with Crippen LogP contribution < -0.4 is 15.4 Å². The van der Waals surface area contributed by atoms with Gasteiger partial charge in [-0.05, 0) is 63.4 Å². The van der Waals surface area contributed by atoms with Gasteiger partial charge in [0, 0.05) is 17.9 Å². The Bertz CT molecular complexity index is 741. The third-order valence-electron chi connectivity index (χ3n) is 4.46. The maximum atomic E-state index is 12.4. The molecule has 1 unspecified atom stereocenters. The highest BCUT2D eigenvalue weighted by atomic mass is 32.2. The molecule has 0 bridgehead atoms. The lowest BCUT2D eigenvalue weighted by molar-refractivity contribution is -0.122. The molecule has 0 aliphatic carbocycles. The fourth-order valence-electron chi connectivity index (χ4n) is 2.89. The highest BCUT2D eigenvalue weighted by Crippen LogP contribution is 2.23. The fourth-order valence-corrected chi connectivity index (χ4v) is 3.30. The number of ether oxygens (including phenoxy) is 1. The summed E-state index contributed by atoms with van der Waals surface area (Å²) in [6, 6.07) is 7.68. The van der Waals surface area contributed by atoms with E-state index in [0.29, 0.717) is 17.6 Å². The molecule has 1 aromatic carbocycles. The van der Waals surface area contributed by atoms with Gasteiger partial charge < -0.3 is 10.1 Å². The summed E-state index contributed by atoms with van der Waals surface area (Å²) in [7, 11) is 1.79. The van der Waals surface area contributed by atoms with E-state index in [1.54, 1.807) is 30.4 Å². The molecule has 0 radical (unpaired) electrons. The van der Waals surface area contributed by atoms with Crippen molar-refractivity contribution in [3.8, 4) is 5.75 Å². The Morgan fingerprint density at radius 2 is 2.04 bits per heavy atom. The number of benzene rings is 1. The molecule has 1 saturated heterocycles. The Balaban J connectivity index is 1.60. The van der Waals surface area contributed by atoms with Crippen LogP contribution in [0.2, 0.25) is 0 Å². The van der Waals surface area contributed by atoms with Crippen molar-refractivity contribution in [1.82, 2.24) is 20.1 Å². The number of aromatic nitrogens is 3. The van der Waals surface area contributed by atoms with Gasteiger partial charge in [0.2, 0.25) is 5.95 Å². The van der Waals surface area contributed by atoms with Crippen LogP contribution in [0.25, 0.3) is 0 Å². The minimum atomic E-state index is -0.630. The van der Waals surface area contributed by atoms with Crippen LogP contribution in [-0.4, -0.2) is 46.1 Å². The quantitative estimate of drug-likeness (QED) is 0.755. The molecule has 2 heterocycles. The molecule has 7 nitrogen and oxygen atoms in total. The van der Waals surface area contributed by atoms with Gasteiger partial charge in [0.25, 0.3) is 5.91 Å². The van der Waals surface area contributed by atoms with E-state index >= 15 is 0 Å². The number of nitrogens with zero attached hydrogens (tertiary/aromatic N) is 3. The second-order valence-corrected chi connectivity index (χ2v) is 7.25. The first-order valence-corrected chi connectivity index (χ1v) is 10.0. The zero-order valence-corrected chi connectivity index (χ0v) is 16.2. The number of aryl methyl sites for hydroxylation is 1. The second kappa shape index (κ2) is 8.55. The predicted molar refractivity (Wildman–Crippen MR) is 103 cm³/mol. The number of nitrogens with one attached hydrogen (secondary N) is 2. The molecule has 0 saturated carbocycles. The Kier molecular flexibility index (Phi) is 6.16. The molecule has 140 valence electrons. The topological polar surface area (TPSA) is 81.1 Å². The highest BCUT2D eigenvalue weighted by Gasteiger charge is 2.23. The number of hydrogen-bond acceptors (Lipinski definition) is 6. The maximum Gasteiger partial charge on any atom is 0.267 e. The SMILES string of the molecule is CSc1ccc(OC(C)C(=O)Nc2nc(C3CCNCC3)nn2C)cc1. The summed E-state index contributed by atoms with van der Waals surface area (Å²) in [4.78, 5) is 18.1. The summed E-state index contributed by atoms with van der Waals surface area (Å²) >= 11 is 1.66. The number of thioether (sulfide) groups is 1. The molecule has 26 heavy (non-hydrogen) atoms. The van der Waals surface area contributed by atoms with Crippen LogP contribution in [0, 0.1) is 0 Å². The van der Waals surface area contributed by atoms with Crippen LogP contribution in [0.15, 0.2) is 29.2 Å². The van der Waals surface area contributed by atoms with E-state index in [1.165, 1.54) is 0 Å². The maximum absolute atomic E-state index is 12.4. The Hall–Kier alpha value is -2.06. The second-order valence-electron chi connectivity index (χ2n) is 6.37. The zero-order chi connectivity index (χ0) is 18.5. The largest absolute Gasteiger partial charge is 0.481 e. The third kappa shape index (κ3) is 4.56. The first kappa shape index (κ1) is 18.7. The van der Waals surface area contributed by atoms with Gasteiger partial charge >= 0.3 is 0 Å². The molecule has 2 aromatic rings. The van der Waals surface area contributed by atoms with Crippen molar-refractivity contribution >= 4 is 23.6 Å². The molecule has 8 heteroatoms. The number of rotatable bonds is 6. The molecule has 1 aromatic heterocycles. The van der Waals surface area contributed by atoms with Crippen molar-refractivity contribution < 1.29 is 9.53 Å². The number of piperidine rings is 1. The van der Waals surface area contributed by atoms with E-state index < -0.39 is 6.10 Å². The van der Waals surface area contributed by atoms with Crippen LogP contribution >= 0.6 is 11.8 Å². The van der Waals surface area contributed by atoms with Crippen LogP contribution in [0.3, 0.4) is 0 Å². The minimum Gasteiger partial charge on any atom is -0.481 e. The first-order valence-electron chi connectivity index (χ1n) is 8.80.